The van der Waals surface area contributed by atoms with E-state index in [0.717, 1.165) is 16.8 Å². The summed E-state index contributed by atoms with van der Waals surface area (Å²) < 4.78 is 5.96. The van der Waals surface area contributed by atoms with Crippen LogP contribution in [-0.4, -0.2) is 35.0 Å². The van der Waals surface area contributed by atoms with E-state index in [2.05, 4.69) is 41.7 Å². The number of nitrogens with one attached hydrogen (secondary N) is 2. The van der Waals surface area contributed by atoms with Gasteiger partial charge in [0.2, 0.25) is 0 Å². The predicted octanol–water partition coefficient (Wildman–Crippen LogP) is 2.36. The van der Waals surface area contributed by atoms with E-state index in [0.29, 0.717) is 6.61 Å². The highest BCUT2D eigenvalue weighted by Crippen LogP contribution is 2.38. The fraction of sp³-hybridized carbons (Fsp3) is 0.400. The first-order valence-electron chi connectivity index (χ1n) is 8.87. The third kappa shape index (κ3) is 2.55. The van der Waals surface area contributed by atoms with Gasteiger partial charge in [-0.25, -0.2) is 0 Å². The third-order valence-corrected chi connectivity index (χ3v) is 5.33. The summed E-state index contributed by atoms with van der Waals surface area (Å²) in [4.78, 5) is 2.23. The first kappa shape index (κ1) is 16.2. The summed E-state index contributed by atoms with van der Waals surface area (Å²) in [5.41, 5.74) is 5.55. The molecule has 0 aliphatic carbocycles. The van der Waals surface area contributed by atoms with Crippen LogP contribution in [0.2, 0.25) is 0 Å². The largest absolute Gasteiger partial charge is 0.388 e. The Morgan fingerprint density at radius 1 is 1.16 bits per heavy atom. The zero-order valence-corrected chi connectivity index (χ0v) is 14.9. The predicted molar refractivity (Wildman–Crippen MR) is 97.0 cm³/mol. The summed E-state index contributed by atoms with van der Waals surface area (Å²) in [6.45, 7) is 6.74. The smallest absolute Gasteiger partial charge is 0.144 e. The Morgan fingerprint density at radius 3 is 2.64 bits per heavy atom. The molecule has 3 aliphatic rings. The van der Waals surface area contributed by atoms with E-state index in [-0.39, 0.29) is 18.3 Å². The maximum atomic E-state index is 11.0. The molecule has 1 unspecified atom stereocenters. The quantitative estimate of drug-likeness (QED) is 0.789. The Hall–Kier alpha value is -2.24. The molecular weight excluding hydrogens is 314 g/mol. The van der Waals surface area contributed by atoms with Crippen LogP contribution in [0.4, 0.5) is 0 Å². The monoisotopic (exact) mass is 339 g/mol. The zero-order chi connectivity index (χ0) is 17.6. The number of benzene rings is 1. The first-order valence-corrected chi connectivity index (χ1v) is 8.87. The molecule has 3 heterocycles. The van der Waals surface area contributed by atoms with E-state index in [1.54, 1.807) is 0 Å². The molecule has 1 aromatic carbocycles. The molecule has 3 N–H and O–H groups in total. The fourth-order valence-electron chi connectivity index (χ4n) is 3.91. The number of aliphatic hydroxyl groups excluding tert-OH is 1. The molecule has 0 fully saturated rings. The van der Waals surface area contributed by atoms with Gasteiger partial charge >= 0.3 is 0 Å². The molecule has 1 aromatic rings. The molecule has 5 heteroatoms. The molecule has 3 aliphatic heterocycles. The number of ether oxygens (including phenoxy) is 1. The number of nitrogens with zero attached hydrogens (tertiary/aromatic N) is 1. The van der Waals surface area contributed by atoms with Gasteiger partial charge in [0, 0.05) is 29.8 Å². The summed E-state index contributed by atoms with van der Waals surface area (Å²) in [5.74, 6) is 0. The average Bonchev–Trinajstić information content (AvgIpc) is 2.92. The van der Waals surface area contributed by atoms with Gasteiger partial charge in [0.1, 0.15) is 18.4 Å². The van der Waals surface area contributed by atoms with Crippen molar-refractivity contribution in [1.29, 1.82) is 0 Å². The lowest BCUT2D eigenvalue weighted by Crippen LogP contribution is -2.54. The second-order valence-corrected chi connectivity index (χ2v) is 6.75. The van der Waals surface area contributed by atoms with Crippen molar-refractivity contribution in [3.05, 3.63) is 70.8 Å². The highest BCUT2D eigenvalue weighted by atomic mass is 16.5. The summed E-state index contributed by atoms with van der Waals surface area (Å²) in [5, 5.41) is 18.1. The molecular formula is C20H25N3O2. The van der Waals surface area contributed by atoms with E-state index in [4.69, 9.17) is 4.74 Å². The van der Waals surface area contributed by atoms with Gasteiger partial charge in [-0.3, -0.25) is 0 Å². The highest BCUT2D eigenvalue weighted by molar-refractivity contribution is 5.44. The molecule has 0 spiro atoms. The van der Waals surface area contributed by atoms with Gasteiger partial charge in [-0.1, -0.05) is 30.3 Å². The second kappa shape index (κ2) is 6.24. The number of hydrogen-bond acceptors (Lipinski definition) is 5. The van der Waals surface area contributed by atoms with Crippen molar-refractivity contribution < 1.29 is 9.84 Å². The molecule has 0 saturated carbocycles. The molecule has 0 aromatic heterocycles. The van der Waals surface area contributed by atoms with Gasteiger partial charge in [-0.2, -0.15) is 0 Å². The normalized spacial score (nSPS) is 30.8. The topological polar surface area (TPSA) is 56.8 Å². The van der Waals surface area contributed by atoms with Crippen molar-refractivity contribution in [2.75, 3.05) is 6.61 Å². The molecule has 0 radical (unpaired) electrons. The first-order chi connectivity index (χ1) is 12.1. The van der Waals surface area contributed by atoms with Crippen molar-refractivity contribution in [2.24, 2.45) is 0 Å². The molecule has 132 valence electrons. The fourth-order valence-corrected chi connectivity index (χ4v) is 3.91. The Bertz CT molecular complexity index is 753. The molecule has 0 amide bonds. The molecule has 25 heavy (non-hydrogen) atoms. The summed E-state index contributed by atoms with van der Waals surface area (Å²) >= 11 is 0. The number of aliphatic hydroxyl groups is 1. The second-order valence-electron chi connectivity index (χ2n) is 6.75. The Kier molecular flexibility index (Phi) is 4.06. The van der Waals surface area contributed by atoms with Crippen molar-refractivity contribution in [2.45, 2.75) is 45.2 Å². The van der Waals surface area contributed by atoms with E-state index in [9.17, 15) is 5.11 Å². The van der Waals surface area contributed by atoms with Crippen LogP contribution < -0.4 is 10.6 Å². The minimum atomic E-state index is -0.645. The minimum absolute atomic E-state index is 0.0293. The van der Waals surface area contributed by atoms with Crippen LogP contribution in [0.1, 0.15) is 32.4 Å². The van der Waals surface area contributed by atoms with Gasteiger partial charge < -0.3 is 25.4 Å². The summed E-state index contributed by atoms with van der Waals surface area (Å²) in [6, 6.07) is 9.88. The molecule has 0 saturated heterocycles. The number of allylic oxidation sites excluding steroid dienone is 2. The van der Waals surface area contributed by atoms with Crippen LogP contribution in [0.15, 0.2) is 65.3 Å². The van der Waals surface area contributed by atoms with Crippen LogP contribution in [0.3, 0.4) is 0 Å². The highest BCUT2D eigenvalue weighted by Gasteiger charge is 2.43. The Morgan fingerprint density at radius 2 is 1.92 bits per heavy atom. The minimum Gasteiger partial charge on any atom is -0.388 e. The van der Waals surface area contributed by atoms with E-state index in [1.807, 2.05) is 37.3 Å². The van der Waals surface area contributed by atoms with Gasteiger partial charge in [-0.05, 0) is 32.4 Å². The molecule has 0 bridgehead atoms. The van der Waals surface area contributed by atoms with Crippen LogP contribution >= 0.6 is 0 Å². The lowest BCUT2D eigenvalue weighted by molar-refractivity contribution is -0.0357. The standard InChI is InChI=1S/C20H25N3O2/c1-4-25-19-15-10-11-23-13(3)12(2)21-20(23)17(15)22-16(18(19)24)14-8-6-5-7-9-14/h5-11,16,18-22,24H,4H2,1-3H3/t16-,18-,19-,20?/m1/s1. The summed E-state index contributed by atoms with van der Waals surface area (Å²) in [6.07, 6.45) is 3.18. The number of rotatable bonds is 3. The maximum Gasteiger partial charge on any atom is 0.144 e. The van der Waals surface area contributed by atoms with E-state index < -0.39 is 6.10 Å². The van der Waals surface area contributed by atoms with Gasteiger partial charge in [0.15, 0.2) is 0 Å². The molecule has 5 nitrogen and oxygen atoms in total. The average molecular weight is 339 g/mol. The molecule has 4 atom stereocenters. The van der Waals surface area contributed by atoms with E-state index in [1.165, 1.54) is 11.4 Å². The number of hydrogen-bond donors (Lipinski definition) is 3. The number of fused-ring (bicyclic) bond motifs is 2. The van der Waals surface area contributed by atoms with Crippen molar-refractivity contribution in [1.82, 2.24) is 15.5 Å². The lowest BCUT2D eigenvalue weighted by atomic mass is 9.86. The van der Waals surface area contributed by atoms with Crippen molar-refractivity contribution in [3.63, 3.8) is 0 Å². The van der Waals surface area contributed by atoms with Gasteiger partial charge in [-0.15, -0.1) is 0 Å². The van der Waals surface area contributed by atoms with Crippen LogP contribution in [-0.2, 0) is 4.74 Å². The third-order valence-electron chi connectivity index (χ3n) is 5.33. The van der Waals surface area contributed by atoms with Crippen molar-refractivity contribution >= 4 is 0 Å². The summed E-state index contributed by atoms with van der Waals surface area (Å²) in [7, 11) is 0. The van der Waals surface area contributed by atoms with E-state index >= 15 is 0 Å². The van der Waals surface area contributed by atoms with Gasteiger partial charge in [0.05, 0.1) is 11.7 Å². The maximum absolute atomic E-state index is 11.0. The Balaban J connectivity index is 1.74. The molecule has 4 rings (SSSR count). The zero-order valence-electron chi connectivity index (χ0n) is 14.9. The van der Waals surface area contributed by atoms with Crippen LogP contribution in [0, 0.1) is 0 Å². The van der Waals surface area contributed by atoms with Crippen LogP contribution in [0.5, 0.6) is 0 Å². The van der Waals surface area contributed by atoms with Crippen molar-refractivity contribution in [3.8, 4) is 0 Å². The Labute approximate surface area is 148 Å². The van der Waals surface area contributed by atoms with Gasteiger partial charge in [0.25, 0.3) is 0 Å². The lowest BCUT2D eigenvalue weighted by Gasteiger charge is -2.43. The SMILES string of the molecule is CCO[C@@H]1C2=C(N[C@H](c3ccccc3)[C@H]1O)C1NC(C)=C(C)N1C=C2. The van der Waals surface area contributed by atoms with Crippen LogP contribution in [0.25, 0.3) is 0 Å².